The summed E-state index contributed by atoms with van der Waals surface area (Å²) in [7, 11) is 0. The van der Waals surface area contributed by atoms with Gasteiger partial charge in [-0.25, -0.2) is 4.79 Å². The van der Waals surface area contributed by atoms with E-state index in [-0.39, 0.29) is 17.5 Å². The molecule has 1 fully saturated rings. The van der Waals surface area contributed by atoms with Crippen LogP contribution in [0.15, 0.2) is 45.3 Å². The standard InChI is InChI=1S/C21H23N3O3S/c1-2-24-20(26)15-10-9-14(12-16(15)22-21(24)27)19(25)23-18(13-6-3-4-7-13)17-8-5-11-28-17/h5,8-13,18H,2-4,6-7H2,1H3,(H,22,27)(H,23,25)/t18-/m1/s1. The number of fused-ring (bicyclic) bond motifs is 1. The summed E-state index contributed by atoms with van der Waals surface area (Å²) in [5.74, 6) is 0.257. The second-order valence-corrected chi connectivity index (χ2v) is 8.23. The molecule has 4 rings (SSSR count). The molecule has 0 saturated heterocycles. The van der Waals surface area contributed by atoms with E-state index in [9.17, 15) is 14.4 Å². The third kappa shape index (κ3) is 3.42. The van der Waals surface area contributed by atoms with Crippen molar-refractivity contribution in [1.82, 2.24) is 14.9 Å². The lowest BCUT2D eigenvalue weighted by molar-refractivity contribution is 0.0923. The maximum atomic E-state index is 13.0. The predicted molar refractivity (Wildman–Crippen MR) is 111 cm³/mol. The molecule has 7 heteroatoms. The van der Waals surface area contributed by atoms with Crippen molar-refractivity contribution in [3.63, 3.8) is 0 Å². The molecule has 146 valence electrons. The van der Waals surface area contributed by atoms with E-state index in [1.165, 1.54) is 17.7 Å². The second-order valence-electron chi connectivity index (χ2n) is 7.25. The summed E-state index contributed by atoms with van der Waals surface area (Å²) in [6, 6.07) is 8.93. The van der Waals surface area contributed by atoms with Crippen LogP contribution in [-0.4, -0.2) is 15.5 Å². The van der Waals surface area contributed by atoms with E-state index in [0.29, 0.717) is 28.9 Å². The Morgan fingerprint density at radius 1 is 1.29 bits per heavy atom. The van der Waals surface area contributed by atoms with Gasteiger partial charge in [0.2, 0.25) is 0 Å². The van der Waals surface area contributed by atoms with E-state index in [0.717, 1.165) is 17.4 Å². The lowest BCUT2D eigenvalue weighted by atomic mass is 9.96. The number of rotatable bonds is 5. The summed E-state index contributed by atoms with van der Waals surface area (Å²) in [6.45, 7) is 2.05. The molecular formula is C21H23N3O3S. The Balaban J connectivity index is 1.66. The van der Waals surface area contributed by atoms with Crippen LogP contribution < -0.4 is 16.6 Å². The van der Waals surface area contributed by atoms with Gasteiger partial charge < -0.3 is 10.3 Å². The highest BCUT2D eigenvalue weighted by Crippen LogP contribution is 2.37. The number of aromatic amines is 1. The minimum atomic E-state index is -0.458. The highest BCUT2D eigenvalue weighted by molar-refractivity contribution is 7.10. The first-order valence-corrected chi connectivity index (χ1v) is 10.6. The van der Waals surface area contributed by atoms with Crippen LogP contribution in [0.3, 0.4) is 0 Å². The highest BCUT2D eigenvalue weighted by atomic mass is 32.1. The number of aromatic nitrogens is 2. The average Bonchev–Trinajstić information content (AvgIpc) is 3.40. The van der Waals surface area contributed by atoms with Crippen molar-refractivity contribution in [2.75, 3.05) is 0 Å². The number of carbonyl (C=O) groups excluding carboxylic acids is 1. The molecule has 2 N–H and O–H groups in total. The molecule has 28 heavy (non-hydrogen) atoms. The smallest absolute Gasteiger partial charge is 0.328 e. The van der Waals surface area contributed by atoms with E-state index in [1.54, 1.807) is 36.5 Å². The number of hydrogen-bond acceptors (Lipinski definition) is 4. The largest absolute Gasteiger partial charge is 0.344 e. The van der Waals surface area contributed by atoms with Crippen LogP contribution in [0.5, 0.6) is 0 Å². The first-order chi connectivity index (χ1) is 13.6. The van der Waals surface area contributed by atoms with Gasteiger partial charge in [0.05, 0.1) is 16.9 Å². The van der Waals surface area contributed by atoms with Crippen LogP contribution in [0.4, 0.5) is 0 Å². The van der Waals surface area contributed by atoms with E-state index in [2.05, 4.69) is 16.4 Å². The molecule has 1 aromatic carbocycles. The average molecular weight is 398 g/mol. The van der Waals surface area contributed by atoms with Gasteiger partial charge in [-0.3, -0.25) is 14.2 Å². The summed E-state index contributed by atoms with van der Waals surface area (Å²) < 4.78 is 1.15. The van der Waals surface area contributed by atoms with Crippen LogP contribution >= 0.6 is 11.3 Å². The Bertz CT molecular complexity index is 1110. The zero-order valence-electron chi connectivity index (χ0n) is 15.7. The van der Waals surface area contributed by atoms with Gasteiger partial charge in [0.1, 0.15) is 0 Å². The van der Waals surface area contributed by atoms with Crippen LogP contribution in [-0.2, 0) is 6.54 Å². The monoisotopic (exact) mass is 397 g/mol. The second kappa shape index (κ2) is 7.75. The maximum Gasteiger partial charge on any atom is 0.328 e. The Labute approximate surface area is 166 Å². The number of nitrogens with zero attached hydrogens (tertiary/aromatic N) is 1. The van der Waals surface area contributed by atoms with Crippen LogP contribution in [0, 0.1) is 5.92 Å². The Kier molecular flexibility index (Phi) is 5.17. The summed E-state index contributed by atoms with van der Waals surface area (Å²) in [5, 5.41) is 5.63. The lowest BCUT2D eigenvalue weighted by Gasteiger charge is -2.24. The Morgan fingerprint density at radius 2 is 2.07 bits per heavy atom. The van der Waals surface area contributed by atoms with E-state index in [1.807, 2.05) is 11.4 Å². The molecule has 0 unspecified atom stereocenters. The molecule has 1 amide bonds. The van der Waals surface area contributed by atoms with Gasteiger partial charge in [0.25, 0.3) is 11.5 Å². The van der Waals surface area contributed by atoms with Crippen molar-refractivity contribution < 1.29 is 4.79 Å². The molecule has 6 nitrogen and oxygen atoms in total. The fourth-order valence-corrected chi connectivity index (χ4v) is 4.96. The molecule has 0 spiro atoms. The molecule has 1 aliphatic rings. The van der Waals surface area contributed by atoms with E-state index < -0.39 is 5.69 Å². The molecule has 0 radical (unpaired) electrons. The van der Waals surface area contributed by atoms with Crippen LogP contribution in [0.25, 0.3) is 10.9 Å². The first-order valence-electron chi connectivity index (χ1n) is 9.69. The minimum absolute atomic E-state index is 0.00200. The van der Waals surface area contributed by atoms with Gasteiger partial charge in [-0.2, -0.15) is 0 Å². The molecule has 2 heterocycles. The summed E-state index contributed by atoms with van der Waals surface area (Å²) in [6.07, 6.45) is 4.63. The summed E-state index contributed by atoms with van der Waals surface area (Å²) >= 11 is 1.66. The molecule has 1 atom stereocenters. The third-order valence-corrected chi connectivity index (χ3v) is 6.52. The molecule has 1 aliphatic carbocycles. The van der Waals surface area contributed by atoms with Gasteiger partial charge in [0.15, 0.2) is 0 Å². The minimum Gasteiger partial charge on any atom is -0.344 e. The number of amides is 1. The summed E-state index contributed by atoms with van der Waals surface area (Å²) in [4.78, 5) is 41.3. The van der Waals surface area contributed by atoms with Crippen LogP contribution in [0.2, 0.25) is 0 Å². The highest BCUT2D eigenvalue weighted by Gasteiger charge is 2.28. The van der Waals surface area contributed by atoms with Crippen molar-refractivity contribution >= 4 is 28.1 Å². The SMILES string of the molecule is CCn1c(=O)[nH]c2cc(C(=O)N[C@@H](c3cccs3)C3CCCC3)ccc2c1=O. The maximum absolute atomic E-state index is 13.0. The molecule has 0 aliphatic heterocycles. The fourth-order valence-electron chi connectivity index (χ4n) is 4.09. The third-order valence-electron chi connectivity index (χ3n) is 5.57. The quantitative estimate of drug-likeness (QED) is 0.692. The van der Waals surface area contributed by atoms with Gasteiger partial charge in [-0.05, 0) is 55.3 Å². The van der Waals surface area contributed by atoms with Gasteiger partial charge in [-0.1, -0.05) is 18.9 Å². The van der Waals surface area contributed by atoms with Gasteiger partial charge in [0, 0.05) is 17.0 Å². The number of thiophene rings is 1. The van der Waals surface area contributed by atoms with E-state index in [4.69, 9.17) is 0 Å². The van der Waals surface area contributed by atoms with Crippen molar-refractivity contribution in [2.24, 2.45) is 5.92 Å². The lowest BCUT2D eigenvalue weighted by Crippen LogP contribution is -2.35. The Hall–Kier alpha value is -2.67. The molecule has 2 aromatic heterocycles. The zero-order chi connectivity index (χ0) is 19.7. The van der Waals surface area contributed by atoms with Crippen molar-refractivity contribution in [3.8, 4) is 0 Å². The normalized spacial score (nSPS) is 15.8. The number of H-pyrrole nitrogens is 1. The van der Waals surface area contributed by atoms with Gasteiger partial charge >= 0.3 is 5.69 Å². The Morgan fingerprint density at radius 3 is 2.75 bits per heavy atom. The van der Waals surface area contributed by atoms with Crippen LogP contribution in [0.1, 0.15) is 53.9 Å². The first kappa shape index (κ1) is 18.7. The molecule has 0 bridgehead atoms. The molecule has 3 aromatic rings. The molecular weight excluding hydrogens is 374 g/mol. The fraction of sp³-hybridized carbons (Fsp3) is 0.381. The van der Waals surface area contributed by atoms with Crippen molar-refractivity contribution in [1.29, 1.82) is 0 Å². The number of benzene rings is 1. The number of carbonyl (C=O) groups is 1. The number of hydrogen-bond donors (Lipinski definition) is 2. The summed E-state index contributed by atoms with van der Waals surface area (Å²) in [5.41, 5.74) is 0.0350. The predicted octanol–water partition coefficient (Wildman–Crippen LogP) is 3.43. The van der Waals surface area contributed by atoms with Gasteiger partial charge in [-0.15, -0.1) is 11.3 Å². The van der Waals surface area contributed by atoms with E-state index >= 15 is 0 Å². The molecule has 1 saturated carbocycles. The van der Waals surface area contributed by atoms with Crippen molar-refractivity contribution in [2.45, 2.75) is 45.2 Å². The zero-order valence-corrected chi connectivity index (χ0v) is 16.6. The topological polar surface area (TPSA) is 84.0 Å². The van der Waals surface area contributed by atoms with Crippen molar-refractivity contribution in [3.05, 3.63) is 67.0 Å². The number of nitrogens with one attached hydrogen (secondary N) is 2.